The molecular weight excluding hydrogens is 190 g/mol. The Hall–Kier alpha value is -1.22. The van der Waals surface area contributed by atoms with E-state index in [9.17, 15) is 0 Å². The van der Waals surface area contributed by atoms with Gasteiger partial charge in [0.2, 0.25) is 0 Å². The fourth-order valence-corrected chi connectivity index (χ4v) is 1.61. The summed E-state index contributed by atoms with van der Waals surface area (Å²) in [6.45, 7) is 1.68. The molecule has 0 aliphatic carbocycles. The number of para-hydroxylation sites is 2. The van der Waals surface area contributed by atoms with Crippen molar-refractivity contribution in [3.05, 3.63) is 24.3 Å². The molecule has 0 fully saturated rings. The van der Waals surface area contributed by atoms with E-state index in [2.05, 4.69) is 19.0 Å². The molecule has 1 unspecified atom stereocenters. The standard InChI is InChI=1S/C12H17NO2/c1-13(2)8-7-10-9-14-11-5-3-4-6-12(11)15-10/h3-6,10H,7-9H2,1-2H3. The van der Waals surface area contributed by atoms with Gasteiger partial charge in [-0.3, -0.25) is 0 Å². The van der Waals surface area contributed by atoms with E-state index >= 15 is 0 Å². The van der Waals surface area contributed by atoms with Crippen LogP contribution in [0.25, 0.3) is 0 Å². The number of fused-ring (bicyclic) bond motifs is 1. The van der Waals surface area contributed by atoms with Gasteiger partial charge in [-0.2, -0.15) is 0 Å². The van der Waals surface area contributed by atoms with E-state index in [4.69, 9.17) is 9.47 Å². The minimum Gasteiger partial charge on any atom is -0.486 e. The van der Waals surface area contributed by atoms with Crippen LogP contribution in [-0.2, 0) is 0 Å². The molecule has 1 aliphatic rings. The van der Waals surface area contributed by atoms with E-state index in [1.807, 2.05) is 24.3 Å². The zero-order valence-corrected chi connectivity index (χ0v) is 9.27. The molecule has 0 radical (unpaired) electrons. The van der Waals surface area contributed by atoms with Gasteiger partial charge in [0.25, 0.3) is 0 Å². The summed E-state index contributed by atoms with van der Waals surface area (Å²) in [7, 11) is 4.13. The lowest BCUT2D eigenvalue weighted by molar-refractivity contribution is 0.0793. The lowest BCUT2D eigenvalue weighted by Gasteiger charge is -2.27. The first-order valence-corrected chi connectivity index (χ1v) is 5.29. The number of rotatable bonds is 3. The lowest BCUT2D eigenvalue weighted by Crippen LogP contribution is -2.32. The van der Waals surface area contributed by atoms with Crippen molar-refractivity contribution in [3.63, 3.8) is 0 Å². The molecule has 1 aromatic carbocycles. The van der Waals surface area contributed by atoms with Gasteiger partial charge in [0.15, 0.2) is 11.5 Å². The second-order valence-electron chi connectivity index (χ2n) is 4.09. The third-order valence-corrected chi connectivity index (χ3v) is 2.47. The molecule has 1 atom stereocenters. The van der Waals surface area contributed by atoms with Crippen LogP contribution in [0.3, 0.4) is 0 Å². The molecule has 0 N–H and O–H groups in total. The number of benzene rings is 1. The molecule has 2 rings (SSSR count). The summed E-state index contributed by atoms with van der Waals surface area (Å²) in [6.07, 6.45) is 1.18. The van der Waals surface area contributed by atoms with Crippen LogP contribution in [-0.4, -0.2) is 38.3 Å². The quantitative estimate of drug-likeness (QED) is 0.754. The van der Waals surface area contributed by atoms with E-state index in [-0.39, 0.29) is 6.10 Å². The molecule has 1 aliphatic heterocycles. The van der Waals surface area contributed by atoms with Gasteiger partial charge in [-0.15, -0.1) is 0 Å². The topological polar surface area (TPSA) is 21.7 Å². The Labute approximate surface area is 90.6 Å². The van der Waals surface area contributed by atoms with Crippen LogP contribution >= 0.6 is 0 Å². The maximum absolute atomic E-state index is 5.83. The SMILES string of the molecule is CN(C)CCC1COc2ccccc2O1. The maximum Gasteiger partial charge on any atom is 0.161 e. The first kappa shape index (κ1) is 10.3. The Balaban J connectivity index is 1.94. The summed E-state index contributed by atoms with van der Waals surface area (Å²) in [6, 6.07) is 7.83. The molecule has 0 aromatic heterocycles. The third-order valence-electron chi connectivity index (χ3n) is 2.47. The van der Waals surface area contributed by atoms with Crippen LogP contribution in [0.2, 0.25) is 0 Å². The van der Waals surface area contributed by atoms with E-state index in [0.717, 1.165) is 24.5 Å². The Morgan fingerprint density at radius 3 is 2.73 bits per heavy atom. The number of nitrogens with zero attached hydrogens (tertiary/aromatic N) is 1. The van der Waals surface area contributed by atoms with E-state index in [1.165, 1.54) is 0 Å². The highest BCUT2D eigenvalue weighted by Crippen LogP contribution is 2.31. The van der Waals surface area contributed by atoms with Gasteiger partial charge in [0.05, 0.1) is 0 Å². The van der Waals surface area contributed by atoms with E-state index in [0.29, 0.717) is 6.61 Å². The van der Waals surface area contributed by atoms with Crippen LogP contribution in [0.15, 0.2) is 24.3 Å². The monoisotopic (exact) mass is 207 g/mol. The predicted octanol–water partition coefficient (Wildman–Crippen LogP) is 1.78. The Morgan fingerprint density at radius 2 is 2.00 bits per heavy atom. The minimum absolute atomic E-state index is 0.183. The van der Waals surface area contributed by atoms with E-state index in [1.54, 1.807) is 0 Å². The lowest BCUT2D eigenvalue weighted by atomic mass is 10.2. The first-order chi connectivity index (χ1) is 7.25. The summed E-state index contributed by atoms with van der Waals surface area (Å²) in [4.78, 5) is 2.16. The van der Waals surface area contributed by atoms with Gasteiger partial charge in [0.1, 0.15) is 12.7 Å². The van der Waals surface area contributed by atoms with Crippen molar-refractivity contribution in [2.45, 2.75) is 12.5 Å². The van der Waals surface area contributed by atoms with Gasteiger partial charge in [-0.25, -0.2) is 0 Å². The number of hydrogen-bond acceptors (Lipinski definition) is 3. The fraction of sp³-hybridized carbons (Fsp3) is 0.500. The molecule has 15 heavy (non-hydrogen) atoms. The summed E-state index contributed by atoms with van der Waals surface area (Å²) in [5.74, 6) is 1.73. The van der Waals surface area contributed by atoms with Gasteiger partial charge >= 0.3 is 0 Å². The van der Waals surface area contributed by atoms with Crippen molar-refractivity contribution in [1.29, 1.82) is 0 Å². The Morgan fingerprint density at radius 1 is 1.27 bits per heavy atom. The van der Waals surface area contributed by atoms with Crippen molar-refractivity contribution in [2.75, 3.05) is 27.2 Å². The van der Waals surface area contributed by atoms with Crippen LogP contribution in [0.5, 0.6) is 11.5 Å². The van der Waals surface area contributed by atoms with Crippen molar-refractivity contribution in [1.82, 2.24) is 4.90 Å². The number of ether oxygens (including phenoxy) is 2. The maximum atomic E-state index is 5.83. The molecule has 0 amide bonds. The van der Waals surface area contributed by atoms with Crippen molar-refractivity contribution in [2.24, 2.45) is 0 Å². The van der Waals surface area contributed by atoms with Crippen molar-refractivity contribution in [3.8, 4) is 11.5 Å². The molecular formula is C12H17NO2. The largest absolute Gasteiger partial charge is 0.486 e. The average Bonchev–Trinajstić information content (AvgIpc) is 2.26. The summed E-state index contributed by atoms with van der Waals surface area (Å²) in [5, 5.41) is 0. The van der Waals surface area contributed by atoms with Gasteiger partial charge < -0.3 is 14.4 Å². The van der Waals surface area contributed by atoms with Crippen LogP contribution in [0.1, 0.15) is 6.42 Å². The highest BCUT2D eigenvalue weighted by Gasteiger charge is 2.19. The molecule has 1 heterocycles. The molecule has 1 aromatic rings. The second kappa shape index (κ2) is 4.53. The van der Waals surface area contributed by atoms with Crippen LogP contribution in [0.4, 0.5) is 0 Å². The molecule has 82 valence electrons. The average molecular weight is 207 g/mol. The minimum atomic E-state index is 0.183. The van der Waals surface area contributed by atoms with Crippen LogP contribution in [0, 0.1) is 0 Å². The van der Waals surface area contributed by atoms with Crippen molar-refractivity contribution < 1.29 is 9.47 Å². The zero-order valence-electron chi connectivity index (χ0n) is 9.27. The highest BCUT2D eigenvalue weighted by atomic mass is 16.6. The van der Waals surface area contributed by atoms with Gasteiger partial charge in [-0.05, 0) is 26.2 Å². The molecule has 3 heteroatoms. The van der Waals surface area contributed by atoms with Crippen molar-refractivity contribution >= 4 is 0 Å². The first-order valence-electron chi connectivity index (χ1n) is 5.29. The summed E-state index contributed by atoms with van der Waals surface area (Å²) >= 11 is 0. The third kappa shape index (κ3) is 2.63. The number of hydrogen-bond donors (Lipinski definition) is 0. The Kier molecular flexibility index (Phi) is 3.11. The van der Waals surface area contributed by atoms with Crippen LogP contribution < -0.4 is 9.47 Å². The molecule has 0 bridgehead atoms. The summed E-state index contributed by atoms with van der Waals surface area (Å²) in [5.41, 5.74) is 0. The molecule has 0 saturated heterocycles. The van der Waals surface area contributed by atoms with Gasteiger partial charge in [0, 0.05) is 13.0 Å². The predicted molar refractivity (Wildman–Crippen MR) is 59.5 cm³/mol. The molecule has 3 nitrogen and oxygen atoms in total. The molecule has 0 saturated carbocycles. The normalized spacial score (nSPS) is 19.3. The van der Waals surface area contributed by atoms with Gasteiger partial charge in [-0.1, -0.05) is 12.1 Å². The zero-order chi connectivity index (χ0) is 10.7. The Bertz CT molecular complexity index is 325. The highest BCUT2D eigenvalue weighted by molar-refractivity contribution is 5.40. The molecule has 0 spiro atoms. The fourth-order valence-electron chi connectivity index (χ4n) is 1.61. The van der Waals surface area contributed by atoms with E-state index < -0.39 is 0 Å². The second-order valence-corrected chi connectivity index (χ2v) is 4.09. The summed E-state index contributed by atoms with van der Waals surface area (Å²) < 4.78 is 11.5. The smallest absolute Gasteiger partial charge is 0.161 e.